The van der Waals surface area contributed by atoms with Crippen LogP contribution in [0, 0.1) is 0 Å². The summed E-state index contributed by atoms with van der Waals surface area (Å²) in [5.41, 5.74) is 1.82. The van der Waals surface area contributed by atoms with Gasteiger partial charge in [-0.25, -0.2) is 0 Å². The molecule has 1 N–H and O–H groups in total. The summed E-state index contributed by atoms with van der Waals surface area (Å²) in [5, 5.41) is 8.75. The van der Waals surface area contributed by atoms with E-state index in [-0.39, 0.29) is 12.3 Å². The lowest BCUT2D eigenvalue weighted by molar-refractivity contribution is -0.136. The van der Waals surface area contributed by atoms with Gasteiger partial charge in [0, 0.05) is 25.1 Å². The number of anilines is 1. The van der Waals surface area contributed by atoms with Crippen molar-refractivity contribution in [3.63, 3.8) is 0 Å². The minimum Gasteiger partial charge on any atom is -0.481 e. The number of para-hydroxylation sites is 1. The molecule has 1 aliphatic rings. The highest BCUT2D eigenvalue weighted by Gasteiger charge is 2.21. The van der Waals surface area contributed by atoms with Crippen molar-refractivity contribution in [1.82, 2.24) is 0 Å². The Bertz CT molecular complexity index is 456. The van der Waals surface area contributed by atoms with Crippen LogP contribution in [0.25, 0.3) is 0 Å². The van der Waals surface area contributed by atoms with Gasteiger partial charge >= 0.3 is 5.97 Å². The molecule has 0 radical (unpaired) electrons. The molecule has 1 saturated heterocycles. The molecule has 0 unspecified atom stereocenters. The lowest BCUT2D eigenvalue weighted by Gasteiger charge is -2.28. The highest BCUT2D eigenvalue weighted by Crippen LogP contribution is 2.25. The minimum absolute atomic E-state index is 0.0963. The SMILES string of the molecule is O=C(O)CCc1ccccc1N1CCCCC1=O. The molecular formula is C14H17NO3. The maximum atomic E-state index is 11.9. The average Bonchev–Trinajstić information content (AvgIpc) is 2.37. The molecule has 1 aliphatic heterocycles. The van der Waals surface area contributed by atoms with Gasteiger partial charge in [0.15, 0.2) is 0 Å². The first kappa shape index (κ1) is 12.6. The number of aliphatic carboxylic acids is 1. The highest BCUT2D eigenvalue weighted by atomic mass is 16.4. The van der Waals surface area contributed by atoms with E-state index in [2.05, 4.69) is 0 Å². The molecule has 0 aromatic heterocycles. The molecule has 4 nitrogen and oxygen atoms in total. The van der Waals surface area contributed by atoms with Crippen LogP contribution in [0.1, 0.15) is 31.2 Å². The van der Waals surface area contributed by atoms with Crippen LogP contribution >= 0.6 is 0 Å². The average molecular weight is 247 g/mol. The summed E-state index contributed by atoms with van der Waals surface area (Å²) in [4.78, 5) is 24.3. The molecule has 1 fully saturated rings. The normalized spacial score (nSPS) is 15.8. The zero-order valence-corrected chi connectivity index (χ0v) is 10.3. The fourth-order valence-corrected chi connectivity index (χ4v) is 2.29. The zero-order valence-electron chi connectivity index (χ0n) is 10.3. The lowest BCUT2D eigenvalue weighted by atomic mass is 10.0. The third kappa shape index (κ3) is 2.88. The number of carboxylic acid groups (broad SMARTS) is 1. The molecule has 0 bridgehead atoms. The standard InChI is InChI=1S/C14H17NO3/c16-13-7-3-4-10-15(13)12-6-2-1-5-11(12)8-9-14(17)18/h1-2,5-6H,3-4,7-10H2,(H,17,18). The maximum absolute atomic E-state index is 11.9. The van der Waals surface area contributed by atoms with Crippen LogP contribution in [0.4, 0.5) is 5.69 Å². The second-order valence-corrected chi connectivity index (χ2v) is 4.52. The van der Waals surface area contributed by atoms with Crippen molar-refractivity contribution >= 4 is 17.6 Å². The molecule has 1 aromatic rings. The van der Waals surface area contributed by atoms with Crippen molar-refractivity contribution in [2.24, 2.45) is 0 Å². The predicted molar refractivity (Wildman–Crippen MR) is 68.6 cm³/mol. The molecule has 0 aliphatic carbocycles. The van der Waals surface area contributed by atoms with Gasteiger partial charge < -0.3 is 10.0 Å². The fourth-order valence-electron chi connectivity index (χ4n) is 2.29. The second kappa shape index (κ2) is 5.67. The molecule has 96 valence electrons. The Morgan fingerprint density at radius 3 is 2.78 bits per heavy atom. The van der Waals surface area contributed by atoms with E-state index in [1.165, 1.54) is 0 Å². The van der Waals surface area contributed by atoms with Gasteiger partial charge in [-0.05, 0) is 30.9 Å². The van der Waals surface area contributed by atoms with Crippen molar-refractivity contribution in [3.05, 3.63) is 29.8 Å². The lowest BCUT2D eigenvalue weighted by Crippen LogP contribution is -2.35. The van der Waals surface area contributed by atoms with Crippen molar-refractivity contribution < 1.29 is 14.7 Å². The van der Waals surface area contributed by atoms with E-state index in [1.807, 2.05) is 24.3 Å². The summed E-state index contributed by atoms with van der Waals surface area (Å²) < 4.78 is 0. The number of carbonyl (C=O) groups excluding carboxylic acids is 1. The third-order valence-electron chi connectivity index (χ3n) is 3.21. The van der Waals surface area contributed by atoms with Crippen LogP contribution in [0.5, 0.6) is 0 Å². The summed E-state index contributed by atoms with van der Waals surface area (Å²) in [5.74, 6) is -0.668. The van der Waals surface area contributed by atoms with E-state index in [0.29, 0.717) is 12.8 Å². The van der Waals surface area contributed by atoms with E-state index in [9.17, 15) is 9.59 Å². The highest BCUT2D eigenvalue weighted by molar-refractivity contribution is 5.94. The molecule has 0 spiro atoms. The second-order valence-electron chi connectivity index (χ2n) is 4.52. The van der Waals surface area contributed by atoms with Crippen LogP contribution in [0.15, 0.2) is 24.3 Å². The van der Waals surface area contributed by atoms with Crippen molar-refractivity contribution in [2.45, 2.75) is 32.1 Å². The molecule has 4 heteroatoms. The molecule has 18 heavy (non-hydrogen) atoms. The van der Waals surface area contributed by atoms with Crippen LogP contribution in [0.2, 0.25) is 0 Å². The molecule has 2 rings (SSSR count). The number of benzene rings is 1. The molecule has 0 saturated carbocycles. The largest absolute Gasteiger partial charge is 0.481 e. The Morgan fingerprint density at radius 1 is 1.28 bits per heavy atom. The van der Waals surface area contributed by atoms with Crippen LogP contribution in [-0.4, -0.2) is 23.5 Å². The van der Waals surface area contributed by atoms with E-state index in [0.717, 1.165) is 30.6 Å². The number of hydrogen-bond donors (Lipinski definition) is 1. The molecule has 1 aromatic carbocycles. The van der Waals surface area contributed by atoms with Crippen LogP contribution in [0.3, 0.4) is 0 Å². The number of nitrogens with zero attached hydrogens (tertiary/aromatic N) is 1. The molecule has 1 amide bonds. The zero-order chi connectivity index (χ0) is 13.0. The topological polar surface area (TPSA) is 57.6 Å². The first-order valence-corrected chi connectivity index (χ1v) is 6.28. The first-order chi connectivity index (χ1) is 8.68. The number of carboxylic acids is 1. The van der Waals surface area contributed by atoms with Gasteiger partial charge in [-0.3, -0.25) is 9.59 Å². The van der Waals surface area contributed by atoms with E-state index < -0.39 is 5.97 Å². The van der Waals surface area contributed by atoms with Crippen LogP contribution in [-0.2, 0) is 16.0 Å². The predicted octanol–water partition coefficient (Wildman–Crippen LogP) is 2.22. The summed E-state index contributed by atoms with van der Waals surface area (Å²) in [6.07, 6.45) is 3.12. The Morgan fingerprint density at radius 2 is 2.06 bits per heavy atom. The van der Waals surface area contributed by atoms with E-state index >= 15 is 0 Å². The summed E-state index contributed by atoms with van der Waals surface area (Å²) >= 11 is 0. The first-order valence-electron chi connectivity index (χ1n) is 6.28. The molecule has 1 heterocycles. The smallest absolute Gasteiger partial charge is 0.303 e. The maximum Gasteiger partial charge on any atom is 0.303 e. The fraction of sp³-hybridized carbons (Fsp3) is 0.429. The van der Waals surface area contributed by atoms with Gasteiger partial charge in [0.1, 0.15) is 0 Å². The Balaban J connectivity index is 2.20. The van der Waals surface area contributed by atoms with Gasteiger partial charge in [-0.15, -0.1) is 0 Å². The van der Waals surface area contributed by atoms with Gasteiger partial charge in [0.2, 0.25) is 5.91 Å². The van der Waals surface area contributed by atoms with Crippen molar-refractivity contribution in [1.29, 1.82) is 0 Å². The summed E-state index contributed by atoms with van der Waals surface area (Å²) in [6.45, 7) is 0.739. The number of amides is 1. The van der Waals surface area contributed by atoms with E-state index in [4.69, 9.17) is 5.11 Å². The van der Waals surface area contributed by atoms with Crippen LogP contribution < -0.4 is 4.90 Å². The minimum atomic E-state index is -0.810. The van der Waals surface area contributed by atoms with Gasteiger partial charge in [-0.2, -0.15) is 0 Å². The van der Waals surface area contributed by atoms with Gasteiger partial charge in [0.05, 0.1) is 0 Å². The summed E-state index contributed by atoms with van der Waals surface area (Å²) in [7, 11) is 0. The van der Waals surface area contributed by atoms with Crippen molar-refractivity contribution in [2.75, 3.05) is 11.4 Å². The van der Waals surface area contributed by atoms with E-state index in [1.54, 1.807) is 4.90 Å². The van der Waals surface area contributed by atoms with Gasteiger partial charge in [0.25, 0.3) is 0 Å². The third-order valence-corrected chi connectivity index (χ3v) is 3.21. The quantitative estimate of drug-likeness (QED) is 0.887. The number of carbonyl (C=O) groups is 2. The number of aryl methyl sites for hydroxylation is 1. The Labute approximate surface area is 106 Å². The Kier molecular flexibility index (Phi) is 3.97. The molecule has 0 atom stereocenters. The monoisotopic (exact) mass is 247 g/mol. The van der Waals surface area contributed by atoms with Crippen molar-refractivity contribution in [3.8, 4) is 0 Å². The van der Waals surface area contributed by atoms with Gasteiger partial charge in [-0.1, -0.05) is 18.2 Å². The number of piperidine rings is 1. The Hall–Kier alpha value is -1.84. The molecular weight excluding hydrogens is 230 g/mol. The number of rotatable bonds is 4. The summed E-state index contributed by atoms with van der Waals surface area (Å²) in [6, 6.07) is 7.58. The number of hydrogen-bond acceptors (Lipinski definition) is 2.